The van der Waals surface area contributed by atoms with Crippen molar-refractivity contribution < 1.29 is 19.2 Å². The van der Waals surface area contributed by atoms with Crippen LogP contribution in [0.2, 0.25) is 0 Å². The molecule has 0 aliphatic heterocycles. The average Bonchev–Trinajstić information content (AvgIpc) is 2.87. The number of hydrogen-bond acceptors (Lipinski definition) is 6. The molecule has 118 valence electrons. The van der Waals surface area contributed by atoms with Gasteiger partial charge >= 0.3 is 5.97 Å². The lowest BCUT2D eigenvalue weighted by Gasteiger charge is -2.12. The third kappa shape index (κ3) is 7.12. The molecular formula is C13H21N3O4S. The van der Waals surface area contributed by atoms with Crippen LogP contribution in [0.25, 0.3) is 0 Å². The summed E-state index contributed by atoms with van der Waals surface area (Å²) in [6, 6.07) is -0.849. The van der Waals surface area contributed by atoms with Gasteiger partial charge in [0.2, 0.25) is 11.8 Å². The van der Waals surface area contributed by atoms with Crippen LogP contribution in [0.15, 0.2) is 4.52 Å². The lowest BCUT2D eigenvalue weighted by atomic mass is 10.2. The summed E-state index contributed by atoms with van der Waals surface area (Å²) in [6.07, 6.45) is 3.28. The van der Waals surface area contributed by atoms with E-state index in [0.717, 1.165) is 19.3 Å². The number of aliphatic carboxylic acids is 1. The van der Waals surface area contributed by atoms with E-state index in [1.807, 2.05) is 0 Å². The van der Waals surface area contributed by atoms with E-state index in [1.54, 1.807) is 0 Å². The number of amides is 1. The van der Waals surface area contributed by atoms with Crippen molar-refractivity contribution in [3.63, 3.8) is 0 Å². The Morgan fingerprint density at radius 2 is 2.24 bits per heavy atom. The predicted octanol–water partition coefficient (Wildman–Crippen LogP) is 1.62. The number of nitrogens with one attached hydrogen (secondary N) is 1. The van der Waals surface area contributed by atoms with Crippen LogP contribution < -0.4 is 5.32 Å². The van der Waals surface area contributed by atoms with Crippen molar-refractivity contribution in [3.05, 3.63) is 11.7 Å². The Labute approximate surface area is 127 Å². The number of carboxylic acids is 1. The first-order valence-corrected chi connectivity index (χ1v) is 8.07. The largest absolute Gasteiger partial charge is 0.480 e. The molecule has 1 atom stereocenters. The maximum absolute atomic E-state index is 10.9. The zero-order valence-electron chi connectivity index (χ0n) is 12.3. The van der Waals surface area contributed by atoms with E-state index in [4.69, 9.17) is 9.63 Å². The quantitative estimate of drug-likeness (QED) is 0.632. The molecule has 0 aliphatic carbocycles. The Morgan fingerprint density at radius 1 is 1.48 bits per heavy atom. The Morgan fingerprint density at radius 3 is 2.86 bits per heavy atom. The van der Waals surface area contributed by atoms with Gasteiger partial charge in [0.05, 0.1) is 5.75 Å². The van der Waals surface area contributed by atoms with Crippen LogP contribution in [0.3, 0.4) is 0 Å². The highest BCUT2D eigenvalue weighted by atomic mass is 32.2. The highest BCUT2D eigenvalue weighted by Gasteiger charge is 2.17. The van der Waals surface area contributed by atoms with Gasteiger partial charge in [0.15, 0.2) is 5.82 Å². The van der Waals surface area contributed by atoms with Gasteiger partial charge in [-0.05, 0) is 18.6 Å². The predicted molar refractivity (Wildman–Crippen MR) is 78.9 cm³/mol. The molecule has 1 aromatic rings. The van der Waals surface area contributed by atoms with Crippen LogP contribution in [-0.4, -0.2) is 38.9 Å². The molecule has 1 heterocycles. The molecule has 0 spiro atoms. The fraction of sp³-hybridized carbons (Fsp3) is 0.692. The second-order valence-electron chi connectivity index (χ2n) is 4.64. The molecule has 21 heavy (non-hydrogen) atoms. The summed E-state index contributed by atoms with van der Waals surface area (Å²) in [6.45, 7) is 3.41. The van der Waals surface area contributed by atoms with E-state index in [2.05, 4.69) is 22.4 Å². The molecule has 1 unspecified atom stereocenters. The molecule has 2 N–H and O–H groups in total. The minimum Gasteiger partial charge on any atom is -0.480 e. The summed E-state index contributed by atoms with van der Waals surface area (Å²) >= 11 is 1.51. The van der Waals surface area contributed by atoms with Crippen molar-refractivity contribution in [2.75, 3.05) is 5.75 Å². The molecule has 0 aromatic carbocycles. The zero-order valence-corrected chi connectivity index (χ0v) is 13.1. The molecule has 0 fully saturated rings. The maximum atomic E-state index is 10.9. The van der Waals surface area contributed by atoms with Gasteiger partial charge in [-0.25, -0.2) is 4.79 Å². The van der Waals surface area contributed by atoms with Gasteiger partial charge in [-0.2, -0.15) is 16.7 Å². The molecule has 1 aromatic heterocycles. The molecule has 0 radical (unpaired) electrons. The Balaban J connectivity index is 2.27. The summed E-state index contributed by atoms with van der Waals surface area (Å²) in [5, 5.41) is 15.2. The van der Waals surface area contributed by atoms with Gasteiger partial charge in [0.1, 0.15) is 6.04 Å². The summed E-state index contributed by atoms with van der Waals surface area (Å²) in [5.41, 5.74) is 0. The van der Waals surface area contributed by atoms with Gasteiger partial charge in [-0.15, -0.1) is 0 Å². The van der Waals surface area contributed by atoms with Gasteiger partial charge in [0, 0.05) is 13.3 Å². The Bertz CT molecular complexity index is 464. The van der Waals surface area contributed by atoms with E-state index in [-0.39, 0.29) is 5.91 Å². The summed E-state index contributed by atoms with van der Waals surface area (Å²) in [7, 11) is 0. The van der Waals surface area contributed by atoms with E-state index in [0.29, 0.717) is 29.6 Å². The fourth-order valence-corrected chi connectivity index (χ4v) is 2.49. The molecule has 1 amide bonds. The molecular weight excluding hydrogens is 294 g/mol. The van der Waals surface area contributed by atoms with E-state index < -0.39 is 12.0 Å². The smallest absolute Gasteiger partial charge is 0.326 e. The van der Waals surface area contributed by atoms with Gasteiger partial charge in [-0.3, -0.25) is 4.79 Å². The number of nitrogens with zero attached hydrogens (tertiary/aromatic N) is 2. The molecule has 7 nitrogen and oxygen atoms in total. The Hall–Kier alpha value is -1.57. The molecule has 0 saturated carbocycles. The standard InChI is InChI=1S/C13H21N3O4S/c1-3-4-5-11-15-12(20-16-11)8-21-7-6-10(13(18)19)14-9(2)17/h10H,3-8H2,1-2H3,(H,14,17)(H,18,19). The van der Waals surface area contributed by atoms with E-state index >= 15 is 0 Å². The van der Waals surface area contributed by atoms with Gasteiger partial charge < -0.3 is 14.9 Å². The molecule has 8 heteroatoms. The number of carbonyl (C=O) groups excluding carboxylic acids is 1. The monoisotopic (exact) mass is 315 g/mol. The minimum atomic E-state index is -1.02. The fourth-order valence-electron chi connectivity index (χ4n) is 1.65. The normalized spacial score (nSPS) is 12.1. The molecule has 0 aliphatic rings. The van der Waals surface area contributed by atoms with Crippen LogP contribution in [0.1, 0.15) is 44.8 Å². The van der Waals surface area contributed by atoms with Crippen LogP contribution in [0.5, 0.6) is 0 Å². The van der Waals surface area contributed by atoms with E-state index in [1.165, 1.54) is 18.7 Å². The lowest BCUT2D eigenvalue weighted by Crippen LogP contribution is -2.39. The summed E-state index contributed by atoms with van der Waals surface area (Å²) in [5.74, 6) is 1.04. The van der Waals surface area contributed by atoms with E-state index in [9.17, 15) is 9.59 Å². The highest BCUT2D eigenvalue weighted by Crippen LogP contribution is 2.13. The number of carbonyl (C=O) groups is 2. The average molecular weight is 315 g/mol. The first-order valence-electron chi connectivity index (χ1n) is 6.92. The van der Waals surface area contributed by atoms with Crippen molar-refractivity contribution in [3.8, 4) is 0 Å². The van der Waals surface area contributed by atoms with Gasteiger partial charge in [-0.1, -0.05) is 18.5 Å². The lowest BCUT2D eigenvalue weighted by molar-refractivity contribution is -0.141. The molecule has 1 rings (SSSR count). The number of aromatic nitrogens is 2. The first kappa shape index (κ1) is 17.5. The van der Waals surface area contributed by atoms with Crippen LogP contribution >= 0.6 is 11.8 Å². The van der Waals surface area contributed by atoms with Crippen molar-refractivity contribution in [1.29, 1.82) is 0 Å². The summed E-state index contributed by atoms with van der Waals surface area (Å²) in [4.78, 5) is 26.1. The minimum absolute atomic E-state index is 0.343. The number of hydrogen-bond donors (Lipinski definition) is 2. The van der Waals surface area contributed by atoms with Gasteiger partial charge in [0.25, 0.3) is 0 Å². The first-order chi connectivity index (χ1) is 10.0. The van der Waals surface area contributed by atoms with Crippen LogP contribution in [-0.2, 0) is 21.8 Å². The number of carboxylic acid groups (broad SMARTS) is 1. The number of thioether (sulfide) groups is 1. The molecule has 0 saturated heterocycles. The van der Waals surface area contributed by atoms with Crippen molar-refractivity contribution in [1.82, 2.24) is 15.5 Å². The Kier molecular flexibility index (Phi) is 7.81. The third-order valence-corrected chi connectivity index (χ3v) is 3.69. The van der Waals surface area contributed by atoms with Crippen molar-refractivity contribution in [2.24, 2.45) is 0 Å². The van der Waals surface area contributed by atoms with Crippen LogP contribution in [0.4, 0.5) is 0 Å². The SMILES string of the molecule is CCCCc1noc(CSCCC(NC(C)=O)C(=O)O)n1. The maximum Gasteiger partial charge on any atom is 0.326 e. The topological polar surface area (TPSA) is 105 Å². The second kappa shape index (κ2) is 9.38. The van der Waals surface area contributed by atoms with Crippen molar-refractivity contribution in [2.45, 2.75) is 51.3 Å². The second-order valence-corrected chi connectivity index (χ2v) is 5.75. The summed E-state index contributed by atoms with van der Waals surface area (Å²) < 4.78 is 5.11. The number of aryl methyl sites for hydroxylation is 1. The number of unbranched alkanes of at least 4 members (excludes halogenated alkanes) is 1. The van der Waals surface area contributed by atoms with Crippen molar-refractivity contribution >= 4 is 23.6 Å². The zero-order chi connectivity index (χ0) is 15.7. The number of rotatable bonds is 10. The van der Waals surface area contributed by atoms with Crippen LogP contribution in [0, 0.1) is 0 Å². The molecule has 0 bridgehead atoms. The highest BCUT2D eigenvalue weighted by molar-refractivity contribution is 7.98. The third-order valence-electron chi connectivity index (χ3n) is 2.72.